The van der Waals surface area contributed by atoms with Crippen LogP contribution >= 0.6 is 23.2 Å². The molecule has 1 aliphatic heterocycles. The van der Waals surface area contributed by atoms with Crippen LogP contribution in [0, 0.1) is 28.6 Å². The van der Waals surface area contributed by atoms with E-state index in [4.69, 9.17) is 33.7 Å². The third-order valence-electron chi connectivity index (χ3n) is 3.83. The van der Waals surface area contributed by atoms with E-state index in [-0.39, 0.29) is 28.4 Å². The highest BCUT2D eigenvalue weighted by Crippen LogP contribution is 2.30. The van der Waals surface area contributed by atoms with E-state index in [0.717, 1.165) is 0 Å². The van der Waals surface area contributed by atoms with Crippen LogP contribution in [0.5, 0.6) is 0 Å². The zero-order chi connectivity index (χ0) is 17.3. The summed E-state index contributed by atoms with van der Waals surface area (Å²) in [4.78, 5) is 15.3. The van der Waals surface area contributed by atoms with Crippen molar-refractivity contribution in [1.29, 1.82) is 10.5 Å². The van der Waals surface area contributed by atoms with E-state index in [1.54, 1.807) is 4.90 Å². The molecule has 0 aliphatic carbocycles. The van der Waals surface area contributed by atoms with E-state index in [1.165, 1.54) is 6.20 Å². The molecule has 0 saturated carbocycles. The van der Waals surface area contributed by atoms with Crippen LogP contribution in [0.4, 0.5) is 10.2 Å². The molecule has 1 aliphatic rings. The number of anilines is 1. The summed E-state index contributed by atoms with van der Waals surface area (Å²) in [7, 11) is 0. The van der Waals surface area contributed by atoms with Gasteiger partial charge in [0.05, 0.1) is 23.9 Å². The quantitative estimate of drug-likeness (QED) is 0.458. The summed E-state index contributed by atoms with van der Waals surface area (Å²) in [5.74, 6) is -0.349. The third kappa shape index (κ3) is 2.86. The fourth-order valence-electron chi connectivity index (χ4n) is 2.69. The molecule has 0 N–H and O–H groups in total. The first kappa shape index (κ1) is 16.4. The van der Waals surface area contributed by atoms with Gasteiger partial charge in [-0.2, -0.15) is 15.5 Å². The van der Waals surface area contributed by atoms with Crippen molar-refractivity contribution in [1.82, 2.24) is 19.9 Å². The first-order chi connectivity index (χ1) is 11.5. The van der Waals surface area contributed by atoms with Gasteiger partial charge in [-0.3, -0.25) is 0 Å². The molecule has 24 heavy (non-hydrogen) atoms. The lowest BCUT2D eigenvalue weighted by atomic mass is 10.1. The topological polar surface area (TPSA) is 92.7 Å². The summed E-state index contributed by atoms with van der Waals surface area (Å²) in [5.41, 5.74) is -0.00968. The van der Waals surface area contributed by atoms with E-state index >= 15 is 0 Å². The highest BCUT2D eigenvalue weighted by atomic mass is 35.5. The molecule has 1 atom stereocenters. The van der Waals surface area contributed by atoms with Gasteiger partial charge in [-0.1, -0.05) is 11.6 Å². The Kier molecular flexibility index (Phi) is 4.52. The highest BCUT2D eigenvalue weighted by molar-refractivity contribution is 6.30. The molecular formula is C14H10Cl2FN7. The Morgan fingerprint density at radius 1 is 1.29 bits per heavy atom. The molecule has 1 fully saturated rings. The third-order valence-corrected chi connectivity index (χ3v) is 4.26. The number of nitriles is 2. The maximum atomic E-state index is 14.2. The molecule has 0 aromatic carbocycles. The smallest absolute Gasteiger partial charge is 0.225 e. The van der Waals surface area contributed by atoms with E-state index in [1.807, 2.05) is 4.90 Å². The van der Waals surface area contributed by atoms with E-state index in [2.05, 4.69) is 27.2 Å². The van der Waals surface area contributed by atoms with Crippen LogP contribution < -0.4 is 4.90 Å². The maximum Gasteiger partial charge on any atom is 0.225 e. The van der Waals surface area contributed by atoms with Crippen LogP contribution in [0.2, 0.25) is 10.4 Å². The van der Waals surface area contributed by atoms with Gasteiger partial charge in [0.2, 0.25) is 5.28 Å². The number of rotatable bonds is 2. The molecule has 1 saturated heterocycles. The minimum absolute atomic E-state index is 0.00968. The first-order valence-corrected chi connectivity index (χ1v) is 7.76. The fourth-order valence-corrected chi connectivity index (χ4v) is 3.00. The molecule has 122 valence electrons. The van der Waals surface area contributed by atoms with Crippen LogP contribution in [0.25, 0.3) is 10.9 Å². The van der Waals surface area contributed by atoms with Gasteiger partial charge < -0.3 is 9.80 Å². The van der Waals surface area contributed by atoms with Gasteiger partial charge in [0.15, 0.2) is 17.2 Å². The zero-order valence-corrected chi connectivity index (χ0v) is 13.8. The van der Waals surface area contributed by atoms with Crippen molar-refractivity contribution in [2.24, 2.45) is 0 Å². The summed E-state index contributed by atoms with van der Waals surface area (Å²) in [6, 6.07) is 1.80. The number of aromatic nitrogens is 3. The van der Waals surface area contributed by atoms with E-state index < -0.39 is 5.82 Å². The number of nitrogens with zero attached hydrogens (tertiary/aromatic N) is 7. The summed E-state index contributed by atoms with van der Waals surface area (Å²) in [6.45, 7) is 1.28. The molecule has 0 spiro atoms. The molecule has 3 rings (SSSR count). The molecule has 10 heteroatoms. The van der Waals surface area contributed by atoms with Gasteiger partial charge in [0, 0.05) is 25.8 Å². The SMILES string of the molecule is N#CC[C@H]1CN(c2nc(Cl)nc3c(F)c(Cl)ncc23)CCN1C#N. The Bertz CT molecular complexity index is 876. The van der Waals surface area contributed by atoms with Crippen molar-refractivity contribution in [2.75, 3.05) is 24.5 Å². The molecule has 2 aromatic rings. The number of pyridine rings is 1. The summed E-state index contributed by atoms with van der Waals surface area (Å²) < 4.78 is 14.2. The number of halogens is 3. The zero-order valence-electron chi connectivity index (χ0n) is 12.2. The van der Waals surface area contributed by atoms with Crippen LogP contribution in [0.15, 0.2) is 6.20 Å². The van der Waals surface area contributed by atoms with Crippen molar-refractivity contribution < 1.29 is 4.39 Å². The van der Waals surface area contributed by atoms with Gasteiger partial charge in [-0.15, -0.1) is 0 Å². The Morgan fingerprint density at radius 3 is 2.79 bits per heavy atom. The number of piperazine rings is 1. The largest absolute Gasteiger partial charge is 0.352 e. The van der Waals surface area contributed by atoms with Gasteiger partial charge in [-0.05, 0) is 11.6 Å². The second kappa shape index (κ2) is 6.60. The minimum Gasteiger partial charge on any atom is -0.352 e. The standard InChI is InChI=1S/C14H10Cl2FN7/c15-12-10(17)11-9(5-20-12)13(22-14(16)21-11)23-3-4-24(7-19)8(6-23)1-2-18/h5,8H,1,3-4,6H2/t8-/m0/s1. The second-order valence-electron chi connectivity index (χ2n) is 5.20. The van der Waals surface area contributed by atoms with E-state index in [0.29, 0.717) is 30.8 Å². The van der Waals surface area contributed by atoms with Gasteiger partial charge >= 0.3 is 0 Å². The first-order valence-electron chi connectivity index (χ1n) is 7.00. The maximum absolute atomic E-state index is 14.2. The summed E-state index contributed by atoms with van der Waals surface area (Å²) >= 11 is 11.6. The average Bonchev–Trinajstić information content (AvgIpc) is 2.58. The Balaban J connectivity index is 2.05. The monoisotopic (exact) mass is 365 g/mol. The second-order valence-corrected chi connectivity index (χ2v) is 5.89. The van der Waals surface area contributed by atoms with Gasteiger partial charge in [-0.25, -0.2) is 14.4 Å². The predicted molar refractivity (Wildman–Crippen MR) is 85.9 cm³/mol. The van der Waals surface area contributed by atoms with Crippen molar-refractivity contribution in [3.8, 4) is 12.3 Å². The Morgan fingerprint density at radius 2 is 2.08 bits per heavy atom. The predicted octanol–water partition coefficient (Wildman–Crippen LogP) is 2.36. The average molecular weight is 366 g/mol. The minimum atomic E-state index is -0.760. The van der Waals surface area contributed by atoms with Gasteiger partial charge in [0.25, 0.3) is 0 Å². The molecule has 3 heterocycles. The summed E-state index contributed by atoms with van der Waals surface area (Å²) in [6.07, 6.45) is 3.67. The summed E-state index contributed by atoms with van der Waals surface area (Å²) in [5, 5.41) is 18.1. The Labute approximate surface area is 146 Å². The van der Waals surface area contributed by atoms with Crippen LogP contribution in [0.1, 0.15) is 6.42 Å². The Hall–Kier alpha value is -2.42. The lowest BCUT2D eigenvalue weighted by molar-refractivity contribution is 0.263. The normalized spacial score (nSPS) is 17.6. The fraction of sp³-hybridized carbons (Fsp3) is 0.357. The molecule has 0 radical (unpaired) electrons. The highest BCUT2D eigenvalue weighted by Gasteiger charge is 2.29. The van der Waals surface area contributed by atoms with Crippen molar-refractivity contribution >= 4 is 39.9 Å². The molecule has 2 aromatic heterocycles. The van der Waals surface area contributed by atoms with Crippen molar-refractivity contribution in [2.45, 2.75) is 12.5 Å². The number of hydrogen-bond donors (Lipinski definition) is 0. The lowest BCUT2D eigenvalue weighted by Crippen LogP contribution is -2.51. The number of hydrogen-bond acceptors (Lipinski definition) is 7. The molecule has 7 nitrogen and oxygen atoms in total. The molecule has 0 unspecified atom stereocenters. The van der Waals surface area contributed by atoms with Crippen LogP contribution in [-0.2, 0) is 0 Å². The van der Waals surface area contributed by atoms with Gasteiger partial charge in [0.1, 0.15) is 11.3 Å². The van der Waals surface area contributed by atoms with E-state index in [9.17, 15) is 4.39 Å². The lowest BCUT2D eigenvalue weighted by Gasteiger charge is -2.38. The van der Waals surface area contributed by atoms with Crippen LogP contribution in [0.3, 0.4) is 0 Å². The van der Waals surface area contributed by atoms with Crippen molar-refractivity contribution in [3.05, 3.63) is 22.5 Å². The van der Waals surface area contributed by atoms with Crippen molar-refractivity contribution in [3.63, 3.8) is 0 Å². The van der Waals surface area contributed by atoms with Crippen LogP contribution in [-0.4, -0.2) is 45.5 Å². The molecule has 0 amide bonds. The number of fused-ring (bicyclic) bond motifs is 1. The molecule has 0 bridgehead atoms. The molecular weight excluding hydrogens is 356 g/mol.